The molecule has 0 unspecified atom stereocenters. The van der Waals surface area contributed by atoms with Gasteiger partial charge >= 0.3 is 12.1 Å². The van der Waals surface area contributed by atoms with E-state index in [9.17, 15) is 30.7 Å². The zero-order valence-corrected chi connectivity index (χ0v) is 7.90. The Labute approximate surface area is 90.6 Å². The molecule has 0 radical (unpaired) electrons. The third-order valence-corrected chi connectivity index (χ3v) is 1.67. The molecule has 0 bridgehead atoms. The number of hydrogen-bond donors (Lipinski definition) is 0. The molecule has 0 saturated heterocycles. The number of hydrogen-bond acceptors (Lipinski definition) is 1. The SMILES string of the molecule is FC(=Nc1ccc(F)cc1)C(F)(F)C(F)(F)F. The van der Waals surface area contributed by atoms with Crippen molar-refractivity contribution in [2.24, 2.45) is 4.99 Å². The number of rotatable bonds is 2. The Kier molecular flexibility index (Phi) is 3.44. The van der Waals surface area contributed by atoms with Crippen LogP contribution in [0.15, 0.2) is 29.3 Å². The fourth-order valence-electron chi connectivity index (χ4n) is 0.816. The predicted octanol–water partition coefficient (Wildman–Crippen LogP) is 4.02. The van der Waals surface area contributed by atoms with Crippen molar-refractivity contribution in [2.45, 2.75) is 12.1 Å². The van der Waals surface area contributed by atoms with Crippen LogP contribution in [-0.4, -0.2) is 18.1 Å². The molecule has 0 aromatic heterocycles. The molecule has 0 heterocycles. The van der Waals surface area contributed by atoms with E-state index < -0.39 is 29.6 Å². The first-order valence-electron chi connectivity index (χ1n) is 4.09. The molecule has 0 aliphatic rings. The molecule has 17 heavy (non-hydrogen) atoms. The zero-order valence-electron chi connectivity index (χ0n) is 7.90. The van der Waals surface area contributed by atoms with Gasteiger partial charge in [0.2, 0.25) is 0 Å². The lowest BCUT2D eigenvalue weighted by Crippen LogP contribution is -2.42. The first-order valence-corrected chi connectivity index (χ1v) is 4.09. The third-order valence-electron chi connectivity index (χ3n) is 1.67. The van der Waals surface area contributed by atoms with Crippen molar-refractivity contribution >= 4 is 11.7 Å². The molecular formula is C9H4F7N. The second kappa shape index (κ2) is 4.34. The fraction of sp³-hybridized carbons (Fsp3) is 0.222. The highest BCUT2D eigenvalue weighted by Crippen LogP contribution is 2.37. The van der Waals surface area contributed by atoms with Crippen LogP contribution in [0.4, 0.5) is 36.4 Å². The molecule has 1 nitrogen and oxygen atoms in total. The van der Waals surface area contributed by atoms with Crippen LogP contribution in [0.2, 0.25) is 0 Å². The average Bonchev–Trinajstić information content (AvgIpc) is 2.19. The highest BCUT2D eigenvalue weighted by atomic mass is 19.4. The fourth-order valence-corrected chi connectivity index (χ4v) is 0.816. The molecule has 0 spiro atoms. The summed E-state index contributed by atoms with van der Waals surface area (Å²) in [5.74, 6) is -9.31. The van der Waals surface area contributed by atoms with Gasteiger partial charge in [0.25, 0.3) is 5.97 Å². The standard InChI is InChI=1S/C9H4F7N/c10-5-1-3-6(4-2-5)17-7(11)8(12,13)9(14,15)16/h1-4H. The van der Waals surface area contributed by atoms with Gasteiger partial charge < -0.3 is 0 Å². The molecule has 8 heteroatoms. The summed E-state index contributed by atoms with van der Waals surface area (Å²) in [5.41, 5.74) is -0.548. The average molecular weight is 259 g/mol. The molecule has 0 saturated carbocycles. The van der Waals surface area contributed by atoms with Crippen LogP contribution in [0.25, 0.3) is 0 Å². The molecule has 1 rings (SSSR count). The summed E-state index contributed by atoms with van der Waals surface area (Å²) in [7, 11) is 0. The summed E-state index contributed by atoms with van der Waals surface area (Å²) in [6.45, 7) is 0. The number of alkyl halides is 5. The van der Waals surface area contributed by atoms with E-state index in [1.54, 1.807) is 0 Å². The highest BCUT2D eigenvalue weighted by molar-refractivity contribution is 5.85. The molecule has 1 aromatic carbocycles. The first-order chi connectivity index (χ1) is 7.64. The van der Waals surface area contributed by atoms with Gasteiger partial charge in [-0.15, -0.1) is 0 Å². The minimum Gasteiger partial charge on any atom is -0.218 e. The zero-order chi connectivity index (χ0) is 13.3. The van der Waals surface area contributed by atoms with Crippen LogP contribution < -0.4 is 0 Å². The number of benzene rings is 1. The second-order valence-corrected chi connectivity index (χ2v) is 2.95. The topological polar surface area (TPSA) is 12.4 Å². The molecule has 0 aliphatic heterocycles. The molecular weight excluding hydrogens is 255 g/mol. The van der Waals surface area contributed by atoms with Crippen molar-refractivity contribution in [3.05, 3.63) is 30.1 Å². The Bertz CT molecular complexity index is 418. The summed E-state index contributed by atoms with van der Waals surface area (Å²) in [4.78, 5) is 2.45. The maximum Gasteiger partial charge on any atom is 0.462 e. The second-order valence-electron chi connectivity index (χ2n) is 2.95. The summed E-state index contributed by atoms with van der Waals surface area (Å²) in [6, 6.07) is 3.03. The quantitative estimate of drug-likeness (QED) is 0.561. The van der Waals surface area contributed by atoms with E-state index in [4.69, 9.17) is 0 Å². The Hall–Kier alpha value is -1.60. The predicted molar refractivity (Wildman–Crippen MR) is 45.6 cm³/mol. The van der Waals surface area contributed by atoms with Crippen LogP contribution >= 0.6 is 0 Å². The van der Waals surface area contributed by atoms with E-state index in [2.05, 4.69) is 4.99 Å². The minimum absolute atomic E-state index is 0.548. The van der Waals surface area contributed by atoms with E-state index in [1.165, 1.54) is 0 Å². The van der Waals surface area contributed by atoms with Gasteiger partial charge in [0.15, 0.2) is 0 Å². The lowest BCUT2D eigenvalue weighted by atomic mass is 10.3. The van der Waals surface area contributed by atoms with Gasteiger partial charge in [-0.2, -0.15) is 26.3 Å². The summed E-state index contributed by atoms with van der Waals surface area (Å²) in [5, 5.41) is 0. The Morgan fingerprint density at radius 2 is 1.41 bits per heavy atom. The Morgan fingerprint density at radius 3 is 1.82 bits per heavy atom. The van der Waals surface area contributed by atoms with E-state index >= 15 is 0 Å². The molecule has 0 N–H and O–H groups in total. The van der Waals surface area contributed by atoms with Crippen LogP contribution in [-0.2, 0) is 0 Å². The summed E-state index contributed by atoms with van der Waals surface area (Å²) < 4.78 is 85.0. The van der Waals surface area contributed by atoms with Gasteiger partial charge in [-0.1, -0.05) is 0 Å². The van der Waals surface area contributed by atoms with Crippen LogP contribution in [0.1, 0.15) is 0 Å². The third kappa shape index (κ3) is 2.95. The maximum atomic E-state index is 12.6. The van der Waals surface area contributed by atoms with Gasteiger partial charge in [0.05, 0.1) is 5.69 Å². The Morgan fingerprint density at radius 1 is 0.941 bits per heavy atom. The van der Waals surface area contributed by atoms with E-state index in [1.807, 2.05) is 0 Å². The Balaban J connectivity index is 3.04. The van der Waals surface area contributed by atoms with Crippen LogP contribution in [0.3, 0.4) is 0 Å². The maximum absolute atomic E-state index is 12.6. The molecule has 1 aromatic rings. The van der Waals surface area contributed by atoms with Crippen molar-refractivity contribution < 1.29 is 30.7 Å². The van der Waals surface area contributed by atoms with Crippen molar-refractivity contribution in [1.82, 2.24) is 0 Å². The van der Waals surface area contributed by atoms with E-state index in [0.717, 1.165) is 24.3 Å². The first kappa shape index (κ1) is 13.5. The highest BCUT2D eigenvalue weighted by Gasteiger charge is 2.62. The van der Waals surface area contributed by atoms with Gasteiger partial charge in [0, 0.05) is 0 Å². The van der Waals surface area contributed by atoms with Gasteiger partial charge in [-0.25, -0.2) is 9.38 Å². The van der Waals surface area contributed by atoms with Crippen molar-refractivity contribution in [2.75, 3.05) is 0 Å². The molecule has 0 amide bonds. The number of aliphatic imine (C=N–C) groups is 1. The molecule has 0 atom stereocenters. The minimum atomic E-state index is -6.07. The van der Waals surface area contributed by atoms with E-state index in [-0.39, 0.29) is 0 Å². The number of nitrogens with zero attached hydrogens (tertiary/aromatic N) is 1. The molecule has 94 valence electrons. The van der Waals surface area contributed by atoms with E-state index in [0.29, 0.717) is 0 Å². The van der Waals surface area contributed by atoms with Crippen LogP contribution in [0, 0.1) is 5.82 Å². The smallest absolute Gasteiger partial charge is 0.218 e. The van der Waals surface area contributed by atoms with Gasteiger partial charge in [-0.3, -0.25) is 0 Å². The largest absolute Gasteiger partial charge is 0.462 e. The van der Waals surface area contributed by atoms with Crippen molar-refractivity contribution in [1.29, 1.82) is 0 Å². The monoisotopic (exact) mass is 259 g/mol. The van der Waals surface area contributed by atoms with Crippen LogP contribution in [0.5, 0.6) is 0 Å². The lowest BCUT2D eigenvalue weighted by Gasteiger charge is -2.16. The van der Waals surface area contributed by atoms with Crippen molar-refractivity contribution in [3.8, 4) is 0 Å². The number of halogens is 7. The lowest BCUT2D eigenvalue weighted by molar-refractivity contribution is -0.252. The molecule has 0 fully saturated rings. The van der Waals surface area contributed by atoms with Gasteiger partial charge in [-0.05, 0) is 24.3 Å². The summed E-state index contributed by atoms with van der Waals surface area (Å²) >= 11 is 0. The summed E-state index contributed by atoms with van der Waals surface area (Å²) in [6.07, 6.45) is -6.07. The molecule has 0 aliphatic carbocycles. The van der Waals surface area contributed by atoms with Crippen molar-refractivity contribution in [3.63, 3.8) is 0 Å². The normalized spacial score (nSPS) is 13.9. The van der Waals surface area contributed by atoms with Gasteiger partial charge in [0.1, 0.15) is 5.82 Å².